The summed E-state index contributed by atoms with van der Waals surface area (Å²) >= 11 is 18.8. The van der Waals surface area contributed by atoms with Crippen LogP contribution in [0.3, 0.4) is 0 Å². The Morgan fingerprint density at radius 3 is 2.62 bits per heavy atom. The van der Waals surface area contributed by atoms with E-state index in [1.54, 1.807) is 22.9 Å². The Hall–Kier alpha value is -1.40. The number of hydrogen-bond acceptors (Lipinski definition) is 4. The van der Waals surface area contributed by atoms with E-state index in [4.69, 9.17) is 35.4 Å². The average Bonchev–Trinajstić information content (AvgIpc) is 2.84. The first-order chi connectivity index (χ1) is 10.1. The molecule has 3 rings (SSSR count). The Labute approximate surface area is 140 Å². The van der Waals surface area contributed by atoms with E-state index < -0.39 is 0 Å². The molecule has 0 fully saturated rings. The second-order valence-electron chi connectivity index (χ2n) is 4.17. The third-order valence-corrected chi connectivity index (χ3v) is 4.43. The number of benzene rings is 2. The molecule has 0 radical (unpaired) electrons. The quantitative estimate of drug-likeness (QED) is 0.611. The van der Waals surface area contributed by atoms with Crippen LogP contribution in [0.2, 0.25) is 10.0 Å². The first kappa shape index (κ1) is 14.5. The van der Waals surface area contributed by atoms with Crippen LogP contribution in [0.25, 0.3) is 5.69 Å². The Balaban J connectivity index is 1.95. The summed E-state index contributed by atoms with van der Waals surface area (Å²) in [7, 11) is 0. The maximum absolute atomic E-state index is 6.13. The van der Waals surface area contributed by atoms with Gasteiger partial charge in [-0.15, -0.1) is 5.10 Å². The number of hydrogen-bond donors (Lipinski definition) is 1. The molecular formula is C14H9Cl2N3S2. The number of aromatic nitrogens is 2. The lowest BCUT2D eigenvalue weighted by Crippen LogP contribution is -1.97. The summed E-state index contributed by atoms with van der Waals surface area (Å²) in [5.41, 5.74) is 1.62. The first-order valence-corrected chi connectivity index (χ1v) is 7.99. The number of para-hydroxylation sites is 1. The van der Waals surface area contributed by atoms with Crippen molar-refractivity contribution in [3.8, 4) is 5.69 Å². The SMILES string of the molecule is S=c1sc(Nc2cc(Cl)ccc2Cl)nn1-c1ccccc1. The highest BCUT2D eigenvalue weighted by molar-refractivity contribution is 7.73. The van der Waals surface area contributed by atoms with Crippen LogP contribution in [0, 0.1) is 3.95 Å². The molecule has 21 heavy (non-hydrogen) atoms. The molecule has 0 saturated carbocycles. The van der Waals surface area contributed by atoms with E-state index in [0.717, 1.165) is 5.69 Å². The van der Waals surface area contributed by atoms with Crippen molar-refractivity contribution in [1.82, 2.24) is 9.78 Å². The zero-order chi connectivity index (χ0) is 14.8. The first-order valence-electron chi connectivity index (χ1n) is 6.01. The van der Waals surface area contributed by atoms with E-state index in [9.17, 15) is 0 Å². The van der Waals surface area contributed by atoms with Gasteiger partial charge in [-0.05, 0) is 42.5 Å². The van der Waals surface area contributed by atoms with Gasteiger partial charge < -0.3 is 5.32 Å². The van der Waals surface area contributed by atoms with Crippen LogP contribution < -0.4 is 5.32 Å². The van der Waals surface area contributed by atoms with Gasteiger partial charge in [0.25, 0.3) is 0 Å². The summed E-state index contributed by atoms with van der Waals surface area (Å²) in [6, 6.07) is 15.0. The van der Waals surface area contributed by atoms with E-state index in [0.29, 0.717) is 24.8 Å². The van der Waals surface area contributed by atoms with Crippen molar-refractivity contribution in [2.24, 2.45) is 0 Å². The number of anilines is 2. The van der Waals surface area contributed by atoms with Crippen LogP contribution in [0.15, 0.2) is 48.5 Å². The highest BCUT2D eigenvalue weighted by Crippen LogP contribution is 2.30. The normalized spacial score (nSPS) is 10.6. The highest BCUT2D eigenvalue weighted by atomic mass is 35.5. The van der Waals surface area contributed by atoms with Gasteiger partial charge in [0, 0.05) is 5.02 Å². The number of rotatable bonds is 3. The van der Waals surface area contributed by atoms with Gasteiger partial charge in [-0.25, -0.2) is 4.68 Å². The van der Waals surface area contributed by atoms with Crippen molar-refractivity contribution in [1.29, 1.82) is 0 Å². The summed E-state index contributed by atoms with van der Waals surface area (Å²) in [4.78, 5) is 0. The Morgan fingerprint density at radius 1 is 1.10 bits per heavy atom. The van der Waals surface area contributed by atoms with Crippen LogP contribution in [-0.2, 0) is 0 Å². The van der Waals surface area contributed by atoms with Crippen LogP contribution >= 0.6 is 46.8 Å². The minimum absolute atomic E-state index is 0.576. The molecule has 0 saturated heterocycles. The molecule has 0 bridgehead atoms. The number of nitrogens with one attached hydrogen (secondary N) is 1. The molecule has 0 aliphatic rings. The maximum Gasteiger partial charge on any atom is 0.209 e. The van der Waals surface area contributed by atoms with Gasteiger partial charge in [0.05, 0.1) is 16.4 Å². The summed E-state index contributed by atoms with van der Waals surface area (Å²) in [5, 5.41) is 9.45. The molecule has 1 heterocycles. The predicted molar refractivity (Wildman–Crippen MR) is 92.0 cm³/mol. The second-order valence-corrected chi connectivity index (χ2v) is 6.64. The fourth-order valence-electron chi connectivity index (χ4n) is 1.77. The molecule has 0 aliphatic carbocycles. The van der Waals surface area contributed by atoms with E-state index in [-0.39, 0.29) is 0 Å². The van der Waals surface area contributed by atoms with Crippen molar-refractivity contribution in [3.63, 3.8) is 0 Å². The lowest BCUT2D eigenvalue weighted by Gasteiger charge is -2.05. The Kier molecular flexibility index (Phi) is 4.26. The van der Waals surface area contributed by atoms with Gasteiger partial charge >= 0.3 is 0 Å². The molecule has 0 spiro atoms. The smallest absolute Gasteiger partial charge is 0.209 e. The summed E-state index contributed by atoms with van der Waals surface area (Å²) in [5.74, 6) is 0. The summed E-state index contributed by atoms with van der Waals surface area (Å²) < 4.78 is 2.36. The van der Waals surface area contributed by atoms with Gasteiger partial charge in [-0.3, -0.25) is 0 Å². The van der Waals surface area contributed by atoms with Crippen molar-refractivity contribution >= 4 is 57.6 Å². The third-order valence-electron chi connectivity index (χ3n) is 2.72. The van der Waals surface area contributed by atoms with Gasteiger partial charge in [-0.2, -0.15) is 0 Å². The van der Waals surface area contributed by atoms with Crippen LogP contribution in [0.5, 0.6) is 0 Å². The van der Waals surface area contributed by atoms with E-state index >= 15 is 0 Å². The van der Waals surface area contributed by atoms with E-state index in [1.807, 2.05) is 30.3 Å². The highest BCUT2D eigenvalue weighted by Gasteiger charge is 2.08. The molecule has 3 aromatic rings. The summed E-state index contributed by atoms with van der Waals surface area (Å²) in [6.07, 6.45) is 0. The van der Waals surface area contributed by atoms with Gasteiger partial charge in [0.2, 0.25) is 5.13 Å². The van der Waals surface area contributed by atoms with Crippen LogP contribution in [-0.4, -0.2) is 9.78 Å². The Bertz CT molecular complexity index is 828. The molecule has 2 aromatic carbocycles. The minimum atomic E-state index is 0.576. The lowest BCUT2D eigenvalue weighted by atomic mass is 10.3. The number of nitrogens with zero attached hydrogens (tertiary/aromatic N) is 2. The zero-order valence-electron chi connectivity index (χ0n) is 10.6. The third kappa shape index (κ3) is 3.27. The average molecular weight is 354 g/mol. The zero-order valence-corrected chi connectivity index (χ0v) is 13.7. The standard InChI is InChI=1S/C14H9Cl2N3S2/c15-9-6-7-11(16)12(8-9)17-13-18-19(14(20)21-13)10-4-2-1-3-5-10/h1-8H,(H,17,18). The van der Waals surface area contributed by atoms with Crippen LogP contribution in [0.4, 0.5) is 10.8 Å². The molecule has 1 aromatic heterocycles. The molecule has 0 atom stereocenters. The topological polar surface area (TPSA) is 29.9 Å². The molecule has 1 N–H and O–H groups in total. The van der Waals surface area contributed by atoms with Crippen molar-refractivity contribution in [2.75, 3.05) is 5.32 Å². The number of halogens is 2. The van der Waals surface area contributed by atoms with Crippen molar-refractivity contribution in [2.45, 2.75) is 0 Å². The molecule has 3 nitrogen and oxygen atoms in total. The predicted octanol–water partition coefficient (Wildman–Crippen LogP) is 5.71. The largest absolute Gasteiger partial charge is 0.329 e. The van der Waals surface area contributed by atoms with Crippen molar-refractivity contribution < 1.29 is 0 Å². The van der Waals surface area contributed by atoms with Gasteiger partial charge in [0.15, 0.2) is 3.95 Å². The molecule has 0 amide bonds. The van der Waals surface area contributed by atoms with E-state index in [1.165, 1.54) is 11.3 Å². The molecular weight excluding hydrogens is 345 g/mol. The fourth-order valence-corrected chi connectivity index (χ4v) is 3.17. The van der Waals surface area contributed by atoms with Gasteiger partial charge in [-0.1, -0.05) is 52.7 Å². The summed E-state index contributed by atoms with van der Waals surface area (Å²) in [6.45, 7) is 0. The second kappa shape index (κ2) is 6.15. The minimum Gasteiger partial charge on any atom is -0.329 e. The lowest BCUT2D eigenvalue weighted by molar-refractivity contribution is 0.874. The fraction of sp³-hybridized carbons (Fsp3) is 0. The van der Waals surface area contributed by atoms with Gasteiger partial charge in [0.1, 0.15) is 0 Å². The van der Waals surface area contributed by atoms with E-state index in [2.05, 4.69) is 10.4 Å². The maximum atomic E-state index is 6.13. The molecule has 7 heteroatoms. The molecule has 106 valence electrons. The Morgan fingerprint density at radius 2 is 1.86 bits per heavy atom. The van der Waals surface area contributed by atoms with Crippen LogP contribution in [0.1, 0.15) is 0 Å². The molecule has 0 unspecified atom stereocenters. The monoisotopic (exact) mass is 353 g/mol. The molecule has 0 aliphatic heterocycles. The van der Waals surface area contributed by atoms with Crippen molar-refractivity contribution in [3.05, 3.63) is 62.5 Å².